The average molecular weight is 454 g/mol. The fraction of sp³-hybridized carbons (Fsp3) is 0.435. The van der Waals surface area contributed by atoms with Crippen LogP contribution in [0.1, 0.15) is 34.3 Å². The molecule has 32 heavy (non-hydrogen) atoms. The first-order valence-electron chi connectivity index (χ1n) is 10.8. The van der Waals surface area contributed by atoms with Crippen LogP contribution in [0.25, 0.3) is 10.2 Å². The molecule has 2 aliphatic heterocycles. The summed E-state index contributed by atoms with van der Waals surface area (Å²) < 4.78 is 11.5. The van der Waals surface area contributed by atoms with Crippen LogP contribution in [0, 0.1) is 6.92 Å². The molecule has 8 nitrogen and oxygen atoms in total. The van der Waals surface area contributed by atoms with E-state index in [1.165, 1.54) is 11.3 Å². The molecule has 1 saturated heterocycles. The van der Waals surface area contributed by atoms with Gasteiger partial charge >= 0.3 is 0 Å². The lowest BCUT2D eigenvalue weighted by Gasteiger charge is -2.28. The third-order valence-corrected chi connectivity index (χ3v) is 7.48. The Bertz CT molecular complexity index is 1180. The Morgan fingerprint density at radius 2 is 2.16 bits per heavy atom. The van der Waals surface area contributed by atoms with Crippen LogP contribution in [-0.2, 0) is 11.2 Å². The molecular weight excluding hydrogens is 426 g/mol. The molecule has 1 fully saturated rings. The van der Waals surface area contributed by atoms with Gasteiger partial charge in [-0.2, -0.15) is 4.98 Å². The number of thiophene rings is 1. The number of aromatic nitrogens is 2. The van der Waals surface area contributed by atoms with Crippen molar-refractivity contribution in [2.75, 3.05) is 30.9 Å². The molecule has 0 aliphatic carbocycles. The highest BCUT2D eigenvalue weighted by Gasteiger charge is 2.32. The molecule has 5 heterocycles. The third-order valence-electron chi connectivity index (χ3n) is 6.37. The minimum Gasteiger partial charge on any atom is -0.475 e. The van der Waals surface area contributed by atoms with Crippen molar-refractivity contribution in [2.45, 2.75) is 44.9 Å². The molecule has 3 aromatic rings. The molecule has 168 valence electrons. The Kier molecular flexibility index (Phi) is 5.38. The van der Waals surface area contributed by atoms with Gasteiger partial charge < -0.3 is 25.4 Å². The number of methoxy groups -OCH3 is 1. The minimum absolute atomic E-state index is 0.148. The third kappa shape index (κ3) is 3.65. The minimum atomic E-state index is -0.193. The van der Waals surface area contributed by atoms with Crippen LogP contribution in [0.2, 0.25) is 0 Å². The summed E-state index contributed by atoms with van der Waals surface area (Å²) in [5.74, 6) is 1.35. The topological polar surface area (TPSA) is 103 Å². The summed E-state index contributed by atoms with van der Waals surface area (Å²) in [7, 11) is 1.76. The van der Waals surface area contributed by atoms with Crippen molar-refractivity contribution in [1.82, 2.24) is 15.3 Å². The first-order chi connectivity index (χ1) is 15.4. The summed E-state index contributed by atoms with van der Waals surface area (Å²) in [6.07, 6.45) is 1.86. The lowest BCUT2D eigenvalue weighted by Crippen LogP contribution is -2.43. The molecule has 3 atom stereocenters. The molecule has 0 radical (unpaired) electrons. The summed E-state index contributed by atoms with van der Waals surface area (Å²) in [5, 5.41) is 3.89. The van der Waals surface area contributed by atoms with Gasteiger partial charge in [-0.1, -0.05) is 0 Å². The lowest BCUT2D eigenvalue weighted by molar-refractivity contribution is 0.0918. The van der Waals surface area contributed by atoms with E-state index in [0.717, 1.165) is 40.3 Å². The van der Waals surface area contributed by atoms with Gasteiger partial charge in [0, 0.05) is 36.7 Å². The van der Waals surface area contributed by atoms with Crippen LogP contribution in [0.3, 0.4) is 0 Å². The maximum absolute atomic E-state index is 12.9. The van der Waals surface area contributed by atoms with Gasteiger partial charge in [-0.15, -0.1) is 11.3 Å². The van der Waals surface area contributed by atoms with Crippen molar-refractivity contribution in [3.8, 4) is 5.88 Å². The number of nitrogens with one attached hydrogen (secondary N) is 1. The van der Waals surface area contributed by atoms with Crippen LogP contribution < -0.4 is 20.7 Å². The fourth-order valence-electron chi connectivity index (χ4n) is 4.56. The van der Waals surface area contributed by atoms with E-state index < -0.39 is 0 Å². The van der Waals surface area contributed by atoms with Crippen LogP contribution in [0.5, 0.6) is 5.88 Å². The maximum atomic E-state index is 12.9. The number of ether oxygens (including phenoxy) is 2. The number of hydrogen-bond donors (Lipinski definition) is 2. The van der Waals surface area contributed by atoms with E-state index in [4.69, 9.17) is 20.2 Å². The molecule has 0 saturated carbocycles. The molecule has 0 spiro atoms. The summed E-state index contributed by atoms with van der Waals surface area (Å²) in [6, 6.07) is 8.01. The molecule has 9 heteroatoms. The van der Waals surface area contributed by atoms with Crippen LogP contribution in [-0.4, -0.2) is 54.3 Å². The first kappa shape index (κ1) is 21.0. The average Bonchev–Trinajstić information content (AvgIpc) is 3.32. The smallest absolute Gasteiger partial charge is 0.263 e. The number of carbonyl (C=O) groups is 1. The highest BCUT2D eigenvalue weighted by atomic mass is 32.1. The molecule has 3 aromatic heterocycles. The predicted molar refractivity (Wildman–Crippen MR) is 126 cm³/mol. The van der Waals surface area contributed by atoms with E-state index in [0.29, 0.717) is 29.5 Å². The normalized spacial score (nSPS) is 22.6. The predicted octanol–water partition coefficient (Wildman–Crippen LogP) is 2.93. The Balaban J connectivity index is 1.29. The largest absolute Gasteiger partial charge is 0.475 e. The van der Waals surface area contributed by atoms with Crippen LogP contribution >= 0.6 is 11.3 Å². The van der Waals surface area contributed by atoms with Gasteiger partial charge in [-0.05, 0) is 44.5 Å². The van der Waals surface area contributed by atoms with Gasteiger partial charge in [-0.25, -0.2) is 4.98 Å². The quantitative estimate of drug-likeness (QED) is 0.626. The summed E-state index contributed by atoms with van der Waals surface area (Å²) in [5.41, 5.74) is 8.60. The summed E-state index contributed by atoms with van der Waals surface area (Å²) >= 11 is 1.32. The number of aryl methyl sites for hydroxylation is 1. The first-order valence-corrected chi connectivity index (χ1v) is 11.6. The van der Waals surface area contributed by atoms with E-state index in [9.17, 15) is 4.79 Å². The summed E-state index contributed by atoms with van der Waals surface area (Å²) in [6.45, 7) is 5.36. The van der Waals surface area contributed by atoms with E-state index in [2.05, 4.69) is 22.1 Å². The van der Waals surface area contributed by atoms with Crippen molar-refractivity contribution < 1.29 is 14.3 Å². The Morgan fingerprint density at radius 3 is 2.94 bits per heavy atom. The molecule has 2 aliphatic rings. The monoisotopic (exact) mass is 453 g/mol. The number of hydrogen-bond acceptors (Lipinski definition) is 8. The molecular formula is C23H27N5O3S. The standard InChI is InChI=1S/C23H27N5O3S/c1-12-4-6-16-19(24)20(32-23(16)25-12)21(29)26-15-10-14-5-7-18(27-22(14)31-11-15)28-9-8-17(30-3)13(28)2/h4-7,13,15,17H,8-11,24H2,1-3H3,(H,26,29)/t13-,15+,17-/m0/s1. The van der Waals surface area contributed by atoms with E-state index in [1.54, 1.807) is 7.11 Å². The van der Waals surface area contributed by atoms with Crippen molar-refractivity contribution in [1.29, 1.82) is 0 Å². The molecule has 0 bridgehead atoms. The number of fused-ring (bicyclic) bond motifs is 2. The zero-order valence-corrected chi connectivity index (χ0v) is 19.2. The highest BCUT2D eigenvalue weighted by molar-refractivity contribution is 7.21. The number of carbonyl (C=O) groups excluding carboxylic acids is 1. The number of amides is 1. The highest BCUT2D eigenvalue weighted by Crippen LogP contribution is 2.33. The van der Waals surface area contributed by atoms with Gasteiger partial charge in [0.1, 0.15) is 22.1 Å². The van der Waals surface area contributed by atoms with Gasteiger partial charge in [-0.3, -0.25) is 4.79 Å². The Labute approximate surface area is 190 Å². The second-order valence-electron chi connectivity index (χ2n) is 8.47. The number of nitrogens with two attached hydrogens (primary N) is 1. The molecule has 0 unspecified atom stereocenters. The number of nitrogen functional groups attached to an aromatic ring is 1. The van der Waals surface area contributed by atoms with Crippen molar-refractivity contribution >= 4 is 39.0 Å². The van der Waals surface area contributed by atoms with Crippen LogP contribution in [0.15, 0.2) is 24.3 Å². The molecule has 3 N–H and O–H groups in total. The van der Waals surface area contributed by atoms with Crippen molar-refractivity contribution in [2.24, 2.45) is 0 Å². The zero-order chi connectivity index (χ0) is 22.4. The molecule has 0 aromatic carbocycles. The number of nitrogens with zero attached hydrogens (tertiary/aromatic N) is 3. The lowest BCUT2D eigenvalue weighted by atomic mass is 10.1. The van der Waals surface area contributed by atoms with Gasteiger partial charge in [0.25, 0.3) is 5.91 Å². The van der Waals surface area contributed by atoms with Gasteiger partial charge in [0.2, 0.25) is 5.88 Å². The summed E-state index contributed by atoms with van der Waals surface area (Å²) in [4.78, 5) is 25.7. The van der Waals surface area contributed by atoms with E-state index >= 15 is 0 Å². The van der Waals surface area contributed by atoms with Crippen LogP contribution in [0.4, 0.5) is 11.5 Å². The van der Waals surface area contributed by atoms with E-state index in [1.807, 2.05) is 31.2 Å². The Hall–Kier alpha value is -2.91. The van der Waals surface area contributed by atoms with Crippen molar-refractivity contribution in [3.63, 3.8) is 0 Å². The van der Waals surface area contributed by atoms with Crippen molar-refractivity contribution in [3.05, 3.63) is 40.4 Å². The second kappa shape index (κ2) is 8.22. The number of anilines is 2. The SMILES string of the molecule is CO[C@H]1CCN(c2ccc3c(n2)OC[C@H](NC(=O)c2sc4nc(C)ccc4c2N)C3)[C@H]1C. The molecule has 1 amide bonds. The fourth-order valence-corrected chi connectivity index (χ4v) is 5.60. The Morgan fingerprint density at radius 1 is 1.31 bits per heavy atom. The van der Waals surface area contributed by atoms with Gasteiger partial charge in [0.15, 0.2) is 0 Å². The maximum Gasteiger partial charge on any atom is 0.263 e. The zero-order valence-electron chi connectivity index (χ0n) is 18.4. The molecule has 5 rings (SSSR count). The van der Waals surface area contributed by atoms with E-state index in [-0.39, 0.29) is 24.1 Å². The second-order valence-corrected chi connectivity index (χ2v) is 9.47. The van der Waals surface area contributed by atoms with Gasteiger partial charge in [0.05, 0.1) is 23.9 Å². The number of rotatable bonds is 4. The number of pyridine rings is 2.